The molecule has 0 unspecified atom stereocenters. The van der Waals surface area contributed by atoms with Gasteiger partial charge in [-0.05, 0) is 24.3 Å². The Kier molecular flexibility index (Phi) is 6.33. The van der Waals surface area contributed by atoms with Crippen molar-refractivity contribution in [1.29, 1.82) is 0 Å². The molecule has 0 spiro atoms. The molecule has 1 fully saturated rings. The monoisotopic (exact) mass is 406 g/mol. The number of benzene rings is 2. The number of nitrogens with zero attached hydrogens (tertiary/aromatic N) is 1. The molecular formula is C17H18ClF3N2O2S. The van der Waals surface area contributed by atoms with E-state index in [2.05, 4.69) is 0 Å². The van der Waals surface area contributed by atoms with Crippen molar-refractivity contribution >= 4 is 15.7 Å². The second-order valence-electron chi connectivity index (χ2n) is 5.90. The van der Waals surface area contributed by atoms with E-state index in [1.165, 1.54) is 10.4 Å². The number of alkyl halides is 3. The van der Waals surface area contributed by atoms with Gasteiger partial charge in [0.1, 0.15) is 5.69 Å². The van der Waals surface area contributed by atoms with E-state index in [1.54, 1.807) is 36.4 Å². The first-order valence-corrected chi connectivity index (χ1v) is 9.30. The van der Waals surface area contributed by atoms with Gasteiger partial charge in [0.25, 0.3) is 0 Å². The number of sulfonamides is 1. The summed E-state index contributed by atoms with van der Waals surface area (Å²) in [5.41, 5.74) is -0.150. The number of piperazine rings is 1. The van der Waals surface area contributed by atoms with E-state index in [4.69, 9.17) is 0 Å². The zero-order valence-electron chi connectivity index (χ0n) is 13.7. The highest BCUT2D eigenvalue weighted by Crippen LogP contribution is 2.30. The van der Waals surface area contributed by atoms with Crippen molar-refractivity contribution in [3.8, 4) is 0 Å². The average molecular weight is 407 g/mol. The third-order valence-electron chi connectivity index (χ3n) is 4.31. The Morgan fingerprint density at radius 1 is 0.923 bits per heavy atom. The van der Waals surface area contributed by atoms with Gasteiger partial charge in [-0.1, -0.05) is 24.3 Å². The van der Waals surface area contributed by atoms with Crippen LogP contribution in [-0.2, 0) is 16.2 Å². The van der Waals surface area contributed by atoms with Gasteiger partial charge in [-0.3, -0.25) is 0 Å². The number of quaternary nitrogens is 1. The molecule has 142 valence electrons. The molecule has 0 radical (unpaired) electrons. The highest BCUT2D eigenvalue weighted by Gasteiger charge is 2.34. The van der Waals surface area contributed by atoms with E-state index in [1.807, 2.05) is 0 Å². The highest BCUT2D eigenvalue weighted by molar-refractivity contribution is 7.89. The molecule has 1 N–H and O–H groups in total. The van der Waals surface area contributed by atoms with Crippen molar-refractivity contribution in [1.82, 2.24) is 4.31 Å². The maximum absolute atomic E-state index is 12.8. The topological polar surface area (TPSA) is 41.8 Å². The summed E-state index contributed by atoms with van der Waals surface area (Å²) in [6, 6.07) is 13.4. The van der Waals surface area contributed by atoms with Crippen molar-refractivity contribution in [2.75, 3.05) is 26.2 Å². The van der Waals surface area contributed by atoms with Gasteiger partial charge < -0.3 is 17.3 Å². The van der Waals surface area contributed by atoms with Crippen molar-refractivity contribution < 1.29 is 38.9 Å². The van der Waals surface area contributed by atoms with Crippen LogP contribution in [0.2, 0.25) is 0 Å². The van der Waals surface area contributed by atoms with Crippen LogP contribution in [0.3, 0.4) is 0 Å². The summed E-state index contributed by atoms with van der Waals surface area (Å²) in [7, 11) is -3.56. The van der Waals surface area contributed by atoms with Crippen LogP contribution < -0.4 is 17.3 Å². The smallest absolute Gasteiger partial charge is 0.416 e. The Bertz CT molecular complexity index is 837. The lowest BCUT2D eigenvalue weighted by molar-refractivity contribution is -0.837. The van der Waals surface area contributed by atoms with Gasteiger partial charge in [0.2, 0.25) is 10.0 Å². The molecule has 1 saturated heterocycles. The maximum atomic E-state index is 12.8. The maximum Gasteiger partial charge on any atom is 0.416 e. The van der Waals surface area contributed by atoms with Gasteiger partial charge in [0.15, 0.2) is 0 Å². The molecule has 3 rings (SSSR count). The molecule has 2 aromatic rings. The Morgan fingerprint density at radius 3 is 2.12 bits per heavy atom. The number of hydrogen-bond donors (Lipinski definition) is 1. The SMILES string of the molecule is O=S(=O)(c1ccccc1)N1CC[NH+](c2cccc(C(F)(F)F)c2)CC1.[Cl-]. The molecule has 0 saturated carbocycles. The molecular weight excluding hydrogens is 389 g/mol. The Morgan fingerprint density at radius 2 is 1.54 bits per heavy atom. The summed E-state index contributed by atoms with van der Waals surface area (Å²) in [6.07, 6.45) is -4.38. The fourth-order valence-electron chi connectivity index (χ4n) is 2.94. The van der Waals surface area contributed by atoms with Crippen molar-refractivity contribution in [3.05, 3.63) is 60.2 Å². The molecule has 0 atom stereocenters. The third-order valence-corrected chi connectivity index (χ3v) is 6.22. The molecule has 0 aliphatic carbocycles. The fraction of sp³-hybridized carbons (Fsp3) is 0.294. The summed E-state index contributed by atoms with van der Waals surface area (Å²) in [6.45, 7) is 1.38. The Labute approximate surface area is 156 Å². The Balaban J connectivity index is 0.00000243. The summed E-state index contributed by atoms with van der Waals surface area (Å²) in [5.74, 6) is 0. The van der Waals surface area contributed by atoms with Gasteiger partial charge in [-0.25, -0.2) is 8.42 Å². The third kappa shape index (κ3) is 4.37. The molecule has 0 aromatic heterocycles. The van der Waals surface area contributed by atoms with E-state index >= 15 is 0 Å². The second-order valence-corrected chi connectivity index (χ2v) is 7.84. The molecule has 26 heavy (non-hydrogen) atoms. The Hall–Kier alpha value is -1.61. The van der Waals surface area contributed by atoms with Gasteiger partial charge in [0.05, 0.1) is 36.6 Å². The van der Waals surface area contributed by atoms with Gasteiger partial charge in [-0.15, -0.1) is 0 Å². The predicted octanol–water partition coefficient (Wildman–Crippen LogP) is -1.07. The quantitative estimate of drug-likeness (QED) is 0.705. The van der Waals surface area contributed by atoms with Crippen LogP contribution in [-0.4, -0.2) is 38.9 Å². The van der Waals surface area contributed by atoms with Crippen LogP contribution in [0.5, 0.6) is 0 Å². The van der Waals surface area contributed by atoms with Crippen LogP contribution in [0, 0.1) is 0 Å². The summed E-state index contributed by atoms with van der Waals surface area (Å²) >= 11 is 0. The summed E-state index contributed by atoms with van der Waals surface area (Å²) in [4.78, 5) is 1.09. The lowest BCUT2D eigenvalue weighted by Gasteiger charge is -2.31. The van der Waals surface area contributed by atoms with E-state index in [-0.39, 0.29) is 30.4 Å². The molecule has 1 aliphatic heterocycles. The lowest BCUT2D eigenvalue weighted by Crippen LogP contribution is -3.10. The zero-order chi connectivity index (χ0) is 18.1. The molecule has 1 heterocycles. The van der Waals surface area contributed by atoms with Crippen molar-refractivity contribution in [2.24, 2.45) is 0 Å². The van der Waals surface area contributed by atoms with Crippen molar-refractivity contribution in [2.45, 2.75) is 11.1 Å². The molecule has 0 amide bonds. The minimum atomic E-state index is -4.38. The standard InChI is InChI=1S/C17H17F3N2O2S.ClH/c18-17(19,20)14-5-4-6-15(13-14)21-9-11-22(12-10-21)25(23,24)16-7-2-1-3-8-16;/h1-8,13H,9-12H2;1H. The molecule has 2 aromatic carbocycles. The van der Waals surface area contributed by atoms with Gasteiger partial charge in [-0.2, -0.15) is 17.5 Å². The molecule has 1 aliphatic rings. The van der Waals surface area contributed by atoms with Crippen LogP contribution >= 0.6 is 0 Å². The van der Waals surface area contributed by atoms with E-state index in [0.717, 1.165) is 17.0 Å². The van der Waals surface area contributed by atoms with Gasteiger partial charge >= 0.3 is 6.18 Å². The number of halogens is 4. The fourth-order valence-corrected chi connectivity index (χ4v) is 4.40. The predicted molar refractivity (Wildman–Crippen MR) is 87.0 cm³/mol. The normalized spacial score (nSPS) is 16.9. The number of nitrogens with one attached hydrogen (secondary N) is 1. The summed E-state index contributed by atoms with van der Waals surface area (Å²) in [5, 5.41) is 0. The van der Waals surface area contributed by atoms with Crippen LogP contribution in [0.1, 0.15) is 5.56 Å². The number of rotatable bonds is 3. The minimum absolute atomic E-state index is 0. The first-order chi connectivity index (χ1) is 11.8. The summed E-state index contributed by atoms with van der Waals surface area (Å²) < 4.78 is 65.1. The first-order valence-electron chi connectivity index (χ1n) is 7.86. The molecule has 0 bridgehead atoms. The van der Waals surface area contributed by atoms with Crippen molar-refractivity contribution in [3.63, 3.8) is 0 Å². The average Bonchev–Trinajstić information content (AvgIpc) is 2.62. The first kappa shape index (κ1) is 20.7. The van der Waals surface area contributed by atoms with Crippen LogP contribution in [0.15, 0.2) is 59.5 Å². The molecule has 9 heteroatoms. The van der Waals surface area contributed by atoms with Crippen LogP contribution in [0.25, 0.3) is 0 Å². The largest absolute Gasteiger partial charge is 1.00 e. The van der Waals surface area contributed by atoms with E-state index in [0.29, 0.717) is 18.8 Å². The van der Waals surface area contributed by atoms with Gasteiger partial charge in [0, 0.05) is 6.07 Å². The minimum Gasteiger partial charge on any atom is -1.00 e. The highest BCUT2D eigenvalue weighted by atomic mass is 35.5. The van der Waals surface area contributed by atoms with Crippen LogP contribution in [0.4, 0.5) is 18.9 Å². The van der Waals surface area contributed by atoms with E-state index in [9.17, 15) is 21.6 Å². The lowest BCUT2D eigenvalue weighted by atomic mass is 10.1. The zero-order valence-corrected chi connectivity index (χ0v) is 15.3. The number of hydrogen-bond acceptors (Lipinski definition) is 2. The second kappa shape index (κ2) is 7.96. The molecule has 4 nitrogen and oxygen atoms in total. The van der Waals surface area contributed by atoms with E-state index < -0.39 is 21.8 Å².